The standard InChI is InChI=1S/C30H32N6O2S2/c1-2-8-22(10-6-16-38-28-26(34-40-36-28)30-14-4-12-24(18-30)32-20-30)21(7-1)9-5-15-37-27-25(33-39-35-27)29-13-3-11-23(17-29)31-19-29/h1-2,7-8,23-24,31-32H,3-4,11-20H2. The van der Waals surface area contributed by atoms with Crippen LogP contribution in [0.1, 0.15) is 73.9 Å². The zero-order valence-corrected chi connectivity index (χ0v) is 24.0. The monoisotopic (exact) mass is 572 g/mol. The molecule has 40 heavy (non-hydrogen) atoms. The van der Waals surface area contributed by atoms with Crippen molar-refractivity contribution in [1.82, 2.24) is 28.1 Å². The van der Waals surface area contributed by atoms with Crippen LogP contribution < -0.4 is 20.1 Å². The molecule has 2 N–H and O–H groups in total. The summed E-state index contributed by atoms with van der Waals surface area (Å²) >= 11 is 2.46. The second kappa shape index (κ2) is 11.1. The highest BCUT2D eigenvalue weighted by Gasteiger charge is 2.47. The SMILES string of the molecule is C(#Cc1ccccc1C#CCOc1nsnc1C12CCCC(C1)NC2)COc1nsnc1C12CCCC(C1)NC2. The molecule has 2 aliphatic carbocycles. The van der Waals surface area contributed by atoms with Crippen LogP contribution in [0.15, 0.2) is 24.3 Å². The molecule has 2 saturated carbocycles. The molecule has 4 atom stereocenters. The van der Waals surface area contributed by atoms with Crippen LogP contribution in [-0.4, -0.2) is 55.9 Å². The summed E-state index contributed by atoms with van der Waals surface area (Å²) in [7, 11) is 0. The van der Waals surface area contributed by atoms with Gasteiger partial charge in [0.25, 0.3) is 11.8 Å². The molecule has 206 valence electrons. The quantitative estimate of drug-likeness (QED) is 0.431. The average Bonchev–Trinajstić information content (AvgIpc) is 3.77. The fourth-order valence-electron chi connectivity index (χ4n) is 7.04. The van der Waals surface area contributed by atoms with Gasteiger partial charge in [-0.25, -0.2) is 0 Å². The summed E-state index contributed by atoms with van der Waals surface area (Å²) in [5, 5.41) is 7.29. The van der Waals surface area contributed by atoms with Gasteiger partial charge in [-0.05, 0) is 50.7 Å². The van der Waals surface area contributed by atoms with Gasteiger partial charge in [-0.3, -0.25) is 0 Å². The average molecular weight is 573 g/mol. The first-order valence-electron chi connectivity index (χ1n) is 14.2. The smallest absolute Gasteiger partial charge is 0.250 e. The van der Waals surface area contributed by atoms with Crippen LogP contribution in [0.4, 0.5) is 0 Å². The van der Waals surface area contributed by atoms with Crippen LogP contribution in [0.25, 0.3) is 0 Å². The summed E-state index contributed by atoms with van der Waals surface area (Å²) in [6.45, 7) is 2.43. The van der Waals surface area contributed by atoms with Gasteiger partial charge in [0.1, 0.15) is 11.4 Å². The molecule has 10 heteroatoms. The molecule has 7 rings (SSSR count). The molecule has 1 aromatic carbocycles. The molecule has 3 aromatic rings. The number of ether oxygens (including phenoxy) is 2. The number of rotatable bonds is 6. The number of hydrogen-bond donors (Lipinski definition) is 2. The topological polar surface area (TPSA) is 94.1 Å². The second-order valence-corrected chi connectivity index (χ2v) is 12.5. The molecule has 0 amide bonds. The highest BCUT2D eigenvalue weighted by molar-refractivity contribution is 6.99. The van der Waals surface area contributed by atoms with Crippen LogP contribution >= 0.6 is 23.5 Å². The van der Waals surface area contributed by atoms with Gasteiger partial charge < -0.3 is 20.1 Å². The lowest BCUT2D eigenvalue weighted by molar-refractivity contribution is 0.308. The molecule has 4 fully saturated rings. The molecule has 4 bridgehead atoms. The minimum absolute atomic E-state index is 0.0603. The van der Waals surface area contributed by atoms with E-state index in [1.807, 2.05) is 24.3 Å². The Bertz CT molecular complexity index is 1380. The minimum atomic E-state index is 0.0603. The summed E-state index contributed by atoms with van der Waals surface area (Å²) in [5.74, 6) is 14.0. The van der Waals surface area contributed by atoms with Crippen LogP contribution in [0.2, 0.25) is 0 Å². The molecule has 4 aliphatic rings. The van der Waals surface area contributed by atoms with Gasteiger partial charge in [-0.1, -0.05) is 48.7 Å². The van der Waals surface area contributed by atoms with Crippen LogP contribution in [-0.2, 0) is 10.8 Å². The summed E-state index contributed by atoms with van der Waals surface area (Å²) in [5.41, 5.74) is 3.86. The van der Waals surface area contributed by atoms with E-state index in [1.54, 1.807) is 0 Å². The van der Waals surface area contributed by atoms with Crippen LogP contribution in [0.3, 0.4) is 0 Å². The van der Waals surface area contributed by atoms with Crippen molar-refractivity contribution in [2.75, 3.05) is 26.3 Å². The maximum atomic E-state index is 6.02. The van der Waals surface area contributed by atoms with Crippen molar-refractivity contribution in [2.45, 2.75) is 74.3 Å². The van der Waals surface area contributed by atoms with Crippen molar-refractivity contribution >= 4 is 23.5 Å². The Morgan fingerprint density at radius 2 is 1.25 bits per heavy atom. The van der Waals surface area contributed by atoms with Gasteiger partial charge in [0.05, 0.1) is 23.5 Å². The van der Waals surface area contributed by atoms with Gasteiger partial charge in [-0.15, -0.1) is 8.75 Å². The Morgan fingerprint density at radius 3 is 1.75 bits per heavy atom. The fourth-order valence-corrected chi connectivity index (χ4v) is 8.26. The molecular formula is C30H32N6O2S2. The third kappa shape index (κ3) is 4.99. The van der Waals surface area contributed by atoms with E-state index >= 15 is 0 Å². The molecule has 2 aliphatic heterocycles. The van der Waals surface area contributed by atoms with E-state index in [0.717, 1.165) is 61.3 Å². The lowest BCUT2D eigenvalue weighted by Gasteiger charge is -2.30. The van der Waals surface area contributed by atoms with Crippen molar-refractivity contribution in [3.8, 4) is 35.4 Å². The molecule has 2 saturated heterocycles. The van der Waals surface area contributed by atoms with E-state index in [-0.39, 0.29) is 24.0 Å². The first-order valence-corrected chi connectivity index (χ1v) is 15.6. The highest BCUT2D eigenvalue weighted by Crippen LogP contribution is 2.46. The lowest BCUT2D eigenvalue weighted by atomic mass is 9.73. The molecule has 4 unspecified atom stereocenters. The van der Waals surface area contributed by atoms with Crippen molar-refractivity contribution in [1.29, 1.82) is 0 Å². The maximum absolute atomic E-state index is 6.02. The predicted octanol–water partition coefficient (Wildman–Crippen LogP) is 3.82. The van der Waals surface area contributed by atoms with E-state index in [1.165, 1.54) is 49.1 Å². The van der Waals surface area contributed by atoms with E-state index < -0.39 is 0 Å². The van der Waals surface area contributed by atoms with Crippen molar-refractivity contribution < 1.29 is 9.47 Å². The minimum Gasteiger partial charge on any atom is -0.463 e. The highest BCUT2D eigenvalue weighted by atomic mass is 32.1. The molecule has 2 aromatic heterocycles. The van der Waals surface area contributed by atoms with Gasteiger partial charge >= 0.3 is 0 Å². The van der Waals surface area contributed by atoms with Crippen molar-refractivity contribution in [2.24, 2.45) is 0 Å². The number of nitrogens with zero attached hydrogens (tertiary/aromatic N) is 4. The Kier molecular flexibility index (Phi) is 7.19. The zero-order valence-electron chi connectivity index (χ0n) is 22.4. The largest absolute Gasteiger partial charge is 0.463 e. The summed E-state index contributed by atoms with van der Waals surface area (Å²) in [6.07, 6.45) is 9.45. The van der Waals surface area contributed by atoms with Crippen molar-refractivity contribution in [3.63, 3.8) is 0 Å². The van der Waals surface area contributed by atoms with Gasteiger partial charge in [0, 0.05) is 47.1 Å². The predicted molar refractivity (Wildman–Crippen MR) is 155 cm³/mol. The summed E-state index contributed by atoms with van der Waals surface area (Å²) in [4.78, 5) is 0. The second-order valence-electron chi connectivity index (χ2n) is 11.5. The van der Waals surface area contributed by atoms with E-state index in [0.29, 0.717) is 23.8 Å². The number of aromatic nitrogens is 4. The third-order valence-corrected chi connectivity index (χ3v) is 10.0. The molecule has 4 heterocycles. The summed E-state index contributed by atoms with van der Waals surface area (Å²) < 4.78 is 30.2. The Balaban J connectivity index is 0.979. The Morgan fingerprint density at radius 1 is 0.750 bits per heavy atom. The first-order chi connectivity index (χ1) is 19.7. The zero-order chi connectivity index (χ0) is 26.8. The Labute approximate surface area is 243 Å². The molecule has 0 radical (unpaired) electrons. The van der Waals surface area contributed by atoms with Crippen LogP contribution in [0.5, 0.6) is 11.8 Å². The maximum Gasteiger partial charge on any atom is 0.250 e. The van der Waals surface area contributed by atoms with E-state index in [2.05, 4.69) is 51.8 Å². The normalized spacial score (nSPS) is 28.3. The van der Waals surface area contributed by atoms with Gasteiger partial charge in [-0.2, -0.15) is 8.75 Å². The van der Waals surface area contributed by atoms with Crippen molar-refractivity contribution in [3.05, 3.63) is 46.8 Å². The van der Waals surface area contributed by atoms with Crippen LogP contribution in [0, 0.1) is 23.7 Å². The summed E-state index contributed by atoms with van der Waals surface area (Å²) in [6, 6.07) is 9.09. The molecule has 8 nitrogen and oxygen atoms in total. The van der Waals surface area contributed by atoms with Gasteiger partial charge in [0.2, 0.25) is 0 Å². The number of hydrogen-bond acceptors (Lipinski definition) is 10. The Hall–Kier alpha value is -3.02. The number of fused-ring (bicyclic) bond motifs is 4. The number of benzene rings is 1. The fraction of sp³-hybridized carbons (Fsp3) is 0.533. The van der Waals surface area contributed by atoms with E-state index in [4.69, 9.17) is 9.47 Å². The number of nitrogens with one attached hydrogen (secondary N) is 2. The van der Waals surface area contributed by atoms with Gasteiger partial charge in [0.15, 0.2) is 13.2 Å². The molecular weight excluding hydrogens is 541 g/mol. The third-order valence-electron chi connectivity index (χ3n) is 9.01. The molecule has 0 spiro atoms. The lowest BCUT2D eigenvalue weighted by Crippen LogP contribution is -2.30. The van der Waals surface area contributed by atoms with E-state index in [9.17, 15) is 0 Å². The first kappa shape index (κ1) is 25.9.